The lowest BCUT2D eigenvalue weighted by Gasteiger charge is -2.33. The van der Waals surface area contributed by atoms with Crippen LogP contribution in [0.15, 0.2) is 53.0 Å². The fraction of sp³-hybridized carbons (Fsp3) is 0.375. The van der Waals surface area contributed by atoms with E-state index in [-0.39, 0.29) is 36.0 Å². The maximum absolute atomic E-state index is 13.0. The smallest absolute Gasteiger partial charge is 0.228 e. The van der Waals surface area contributed by atoms with Crippen molar-refractivity contribution in [2.75, 3.05) is 29.9 Å². The summed E-state index contributed by atoms with van der Waals surface area (Å²) in [5.41, 5.74) is 2.75. The van der Waals surface area contributed by atoms with E-state index in [1.165, 1.54) is 0 Å². The summed E-state index contributed by atoms with van der Waals surface area (Å²) in [5.74, 6) is -0.416. The summed E-state index contributed by atoms with van der Waals surface area (Å²) in [6.07, 6.45) is 1.52. The Balaban J connectivity index is 1.30. The standard InChI is InChI=1S/C24H26BrN3O3/c1-16-2-8-21(9-3-16)28-15-18(14-22(28)29)24(31)27-12-10-17(11-13-27)23(30)26-20-6-4-19(25)5-7-20/h2-9,17-18H,10-15H2,1H3,(H,26,30)/t18-/m0/s1. The van der Waals surface area contributed by atoms with Crippen LogP contribution in [0.1, 0.15) is 24.8 Å². The van der Waals surface area contributed by atoms with Gasteiger partial charge in [-0.05, 0) is 56.2 Å². The number of nitrogens with zero attached hydrogens (tertiary/aromatic N) is 2. The highest BCUT2D eigenvalue weighted by Gasteiger charge is 2.38. The Morgan fingerprint density at radius 1 is 0.968 bits per heavy atom. The van der Waals surface area contributed by atoms with Crippen molar-refractivity contribution in [3.05, 3.63) is 58.6 Å². The van der Waals surface area contributed by atoms with Crippen molar-refractivity contribution in [3.8, 4) is 0 Å². The average Bonchev–Trinajstić information content (AvgIpc) is 3.17. The summed E-state index contributed by atoms with van der Waals surface area (Å²) in [5, 5.41) is 2.96. The number of likely N-dealkylation sites (tertiary alicyclic amines) is 1. The minimum atomic E-state index is -0.318. The number of carbonyl (C=O) groups is 3. The zero-order valence-corrected chi connectivity index (χ0v) is 19.1. The molecule has 162 valence electrons. The van der Waals surface area contributed by atoms with Crippen LogP contribution in [0.5, 0.6) is 0 Å². The van der Waals surface area contributed by atoms with Gasteiger partial charge in [-0.25, -0.2) is 0 Å². The molecule has 2 fully saturated rings. The van der Waals surface area contributed by atoms with Gasteiger partial charge in [0.1, 0.15) is 0 Å². The van der Waals surface area contributed by atoms with Gasteiger partial charge in [-0.15, -0.1) is 0 Å². The second kappa shape index (κ2) is 9.22. The topological polar surface area (TPSA) is 69.7 Å². The highest BCUT2D eigenvalue weighted by atomic mass is 79.9. The minimum absolute atomic E-state index is 0.00369. The molecule has 4 rings (SSSR count). The number of carbonyl (C=O) groups excluding carboxylic acids is 3. The van der Waals surface area contributed by atoms with Gasteiger partial charge in [0.2, 0.25) is 17.7 Å². The molecule has 1 N–H and O–H groups in total. The van der Waals surface area contributed by atoms with Crippen molar-refractivity contribution in [2.45, 2.75) is 26.2 Å². The Bertz CT molecular complexity index is 967. The van der Waals surface area contributed by atoms with E-state index < -0.39 is 0 Å². The molecule has 7 heteroatoms. The van der Waals surface area contributed by atoms with Gasteiger partial charge in [-0.3, -0.25) is 14.4 Å². The maximum Gasteiger partial charge on any atom is 0.228 e. The summed E-state index contributed by atoms with van der Waals surface area (Å²) in [6, 6.07) is 15.3. The molecule has 2 saturated heterocycles. The largest absolute Gasteiger partial charge is 0.342 e. The van der Waals surface area contributed by atoms with Gasteiger partial charge in [0.25, 0.3) is 0 Å². The van der Waals surface area contributed by atoms with E-state index in [0.717, 1.165) is 21.4 Å². The molecule has 2 aromatic rings. The molecule has 0 aliphatic carbocycles. The molecule has 6 nitrogen and oxygen atoms in total. The zero-order chi connectivity index (χ0) is 22.0. The number of anilines is 2. The van der Waals surface area contributed by atoms with Crippen molar-refractivity contribution in [2.24, 2.45) is 11.8 Å². The number of benzene rings is 2. The maximum atomic E-state index is 13.0. The summed E-state index contributed by atoms with van der Waals surface area (Å²) in [7, 11) is 0. The zero-order valence-electron chi connectivity index (χ0n) is 17.5. The van der Waals surface area contributed by atoms with Gasteiger partial charge in [0, 0.05) is 47.8 Å². The molecular formula is C24H26BrN3O3. The van der Waals surface area contributed by atoms with E-state index in [4.69, 9.17) is 0 Å². The van der Waals surface area contributed by atoms with E-state index >= 15 is 0 Å². The Kier molecular flexibility index (Phi) is 6.41. The van der Waals surface area contributed by atoms with Gasteiger partial charge in [0.05, 0.1) is 5.92 Å². The molecule has 0 spiro atoms. The van der Waals surface area contributed by atoms with Gasteiger partial charge < -0.3 is 15.1 Å². The third-order valence-electron chi connectivity index (χ3n) is 6.11. The third kappa shape index (κ3) is 4.98. The number of hydrogen-bond donors (Lipinski definition) is 1. The van der Waals surface area contributed by atoms with Crippen LogP contribution in [0.2, 0.25) is 0 Å². The molecule has 0 unspecified atom stereocenters. The molecule has 3 amide bonds. The van der Waals surface area contributed by atoms with Gasteiger partial charge in [-0.2, -0.15) is 0 Å². The van der Waals surface area contributed by atoms with Crippen LogP contribution in [0.25, 0.3) is 0 Å². The van der Waals surface area contributed by atoms with Crippen LogP contribution in [-0.2, 0) is 14.4 Å². The Morgan fingerprint density at radius 3 is 2.26 bits per heavy atom. The number of piperidine rings is 1. The van der Waals surface area contributed by atoms with Gasteiger partial charge in [0.15, 0.2) is 0 Å². The van der Waals surface area contributed by atoms with Crippen LogP contribution in [-0.4, -0.2) is 42.3 Å². The highest BCUT2D eigenvalue weighted by Crippen LogP contribution is 2.28. The summed E-state index contributed by atoms with van der Waals surface area (Å²) in [4.78, 5) is 41.6. The van der Waals surface area contributed by atoms with Crippen molar-refractivity contribution in [1.29, 1.82) is 0 Å². The number of hydrogen-bond acceptors (Lipinski definition) is 3. The first-order valence-electron chi connectivity index (χ1n) is 10.6. The first kappa shape index (κ1) is 21.6. The molecule has 0 saturated carbocycles. The molecule has 1 atom stereocenters. The lowest BCUT2D eigenvalue weighted by Crippen LogP contribution is -2.44. The molecule has 2 aliphatic heterocycles. The number of nitrogens with one attached hydrogen (secondary N) is 1. The predicted molar refractivity (Wildman–Crippen MR) is 124 cm³/mol. The van der Waals surface area contributed by atoms with E-state index in [2.05, 4.69) is 21.2 Å². The normalized spacial score (nSPS) is 19.5. The van der Waals surface area contributed by atoms with Crippen LogP contribution in [0, 0.1) is 18.8 Å². The fourth-order valence-corrected chi connectivity index (χ4v) is 4.51. The van der Waals surface area contributed by atoms with Crippen molar-refractivity contribution < 1.29 is 14.4 Å². The Hall–Kier alpha value is -2.67. The van der Waals surface area contributed by atoms with Crippen molar-refractivity contribution in [1.82, 2.24) is 4.90 Å². The quantitative estimate of drug-likeness (QED) is 0.714. The lowest BCUT2D eigenvalue weighted by atomic mass is 9.94. The Morgan fingerprint density at radius 2 is 1.61 bits per heavy atom. The SMILES string of the molecule is Cc1ccc(N2C[C@@H](C(=O)N3CCC(C(=O)Nc4ccc(Br)cc4)CC3)CC2=O)cc1. The second-order valence-corrected chi connectivity index (χ2v) is 9.25. The van der Waals surface area contributed by atoms with Crippen LogP contribution < -0.4 is 10.2 Å². The monoisotopic (exact) mass is 483 g/mol. The average molecular weight is 484 g/mol. The molecule has 31 heavy (non-hydrogen) atoms. The van der Waals surface area contributed by atoms with E-state index in [1.54, 1.807) is 4.90 Å². The first-order valence-corrected chi connectivity index (χ1v) is 11.4. The highest BCUT2D eigenvalue weighted by molar-refractivity contribution is 9.10. The predicted octanol–water partition coefficient (Wildman–Crippen LogP) is 3.99. The number of halogens is 1. The summed E-state index contributed by atoms with van der Waals surface area (Å²) < 4.78 is 0.962. The number of amides is 3. The molecule has 0 bridgehead atoms. The first-order chi connectivity index (χ1) is 14.9. The lowest BCUT2D eigenvalue weighted by molar-refractivity contribution is -0.138. The van der Waals surface area contributed by atoms with Crippen LogP contribution >= 0.6 is 15.9 Å². The van der Waals surface area contributed by atoms with Crippen LogP contribution in [0.3, 0.4) is 0 Å². The van der Waals surface area contributed by atoms with Gasteiger partial charge >= 0.3 is 0 Å². The van der Waals surface area contributed by atoms with Crippen LogP contribution in [0.4, 0.5) is 11.4 Å². The summed E-state index contributed by atoms with van der Waals surface area (Å²) in [6.45, 7) is 3.52. The molecule has 0 radical (unpaired) electrons. The second-order valence-electron chi connectivity index (χ2n) is 8.34. The third-order valence-corrected chi connectivity index (χ3v) is 6.64. The van der Waals surface area contributed by atoms with E-state index in [0.29, 0.717) is 32.5 Å². The van der Waals surface area contributed by atoms with Crippen molar-refractivity contribution in [3.63, 3.8) is 0 Å². The summed E-state index contributed by atoms with van der Waals surface area (Å²) >= 11 is 3.39. The fourth-order valence-electron chi connectivity index (χ4n) is 4.25. The number of rotatable bonds is 4. The van der Waals surface area contributed by atoms with E-state index in [1.807, 2.05) is 60.4 Å². The molecule has 0 aromatic heterocycles. The molecule has 2 heterocycles. The number of aryl methyl sites for hydroxylation is 1. The molecular weight excluding hydrogens is 458 g/mol. The molecule has 2 aliphatic rings. The molecule has 2 aromatic carbocycles. The van der Waals surface area contributed by atoms with Crippen molar-refractivity contribution >= 4 is 45.0 Å². The Labute approximate surface area is 190 Å². The van der Waals surface area contributed by atoms with E-state index in [9.17, 15) is 14.4 Å². The van der Waals surface area contributed by atoms with Gasteiger partial charge in [-0.1, -0.05) is 33.6 Å². The minimum Gasteiger partial charge on any atom is -0.342 e.